The van der Waals surface area contributed by atoms with Gasteiger partial charge in [-0.1, -0.05) is 0 Å². The quantitative estimate of drug-likeness (QED) is 0.731. The van der Waals surface area contributed by atoms with E-state index in [1.165, 1.54) is 0 Å². The van der Waals surface area contributed by atoms with Crippen molar-refractivity contribution in [3.05, 3.63) is 28.5 Å². The van der Waals surface area contributed by atoms with Crippen LogP contribution in [-0.2, 0) is 4.74 Å². The monoisotopic (exact) mass is 295 g/mol. The Labute approximate surface area is 107 Å². The highest BCUT2D eigenvalue weighted by atomic mass is 79.9. The van der Waals surface area contributed by atoms with Crippen LogP contribution in [0.4, 0.5) is 0 Å². The van der Waals surface area contributed by atoms with Gasteiger partial charge in [-0.3, -0.25) is 4.79 Å². The summed E-state index contributed by atoms with van der Waals surface area (Å²) in [4.78, 5) is 17.8. The van der Waals surface area contributed by atoms with E-state index in [0.29, 0.717) is 29.9 Å². The molecule has 6 heteroatoms. The van der Waals surface area contributed by atoms with Gasteiger partial charge in [-0.2, -0.15) is 5.26 Å². The molecule has 0 aliphatic carbocycles. The van der Waals surface area contributed by atoms with Crippen LogP contribution < -0.4 is 0 Å². The Morgan fingerprint density at radius 3 is 3.24 bits per heavy atom. The van der Waals surface area contributed by atoms with E-state index in [-0.39, 0.29) is 5.91 Å². The molecule has 0 saturated carbocycles. The predicted octanol–water partition coefficient (Wildman–Crippen LogP) is 1.21. The van der Waals surface area contributed by atoms with Gasteiger partial charge >= 0.3 is 0 Å². The smallest absolute Gasteiger partial charge is 0.256 e. The number of rotatable bonds is 1. The maximum Gasteiger partial charge on any atom is 0.256 e. The van der Waals surface area contributed by atoms with Crippen LogP contribution in [0, 0.1) is 11.3 Å². The molecule has 0 spiro atoms. The second kappa shape index (κ2) is 5.25. The molecule has 1 aliphatic heterocycles. The Hall–Kier alpha value is -1.45. The third-order valence-electron chi connectivity index (χ3n) is 2.49. The molecule has 1 atom stereocenters. The number of hydrogen-bond donors (Lipinski definition) is 0. The van der Waals surface area contributed by atoms with Crippen molar-refractivity contribution in [1.29, 1.82) is 5.26 Å². The fraction of sp³-hybridized carbons (Fsp3) is 0.364. The minimum Gasteiger partial charge on any atom is -0.360 e. The van der Waals surface area contributed by atoms with E-state index >= 15 is 0 Å². The van der Waals surface area contributed by atoms with Crippen LogP contribution in [0.5, 0.6) is 0 Å². The number of carbonyl (C=O) groups excluding carboxylic acids is 1. The molecule has 1 fully saturated rings. The standard InChI is InChI=1S/C11H10BrN3O2/c12-10-9(2-1-3-14-10)11(16)15-4-5-17-8(6-13)7-15/h1-3,8H,4-5,7H2. The Bertz CT molecular complexity index is 472. The summed E-state index contributed by atoms with van der Waals surface area (Å²) in [7, 11) is 0. The molecule has 1 unspecified atom stereocenters. The highest BCUT2D eigenvalue weighted by Gasteiger charge is 2.25. The number of nitrogens with zero attached hydrogens (tertiary/aromatic N) is 3. The van der Waals surface area contributed by atoms with Gasteiger partial charge in [0, 0.05) is 12.7 Å². The molecule has 0 radical (unpaired) electrons. The first-order valence-electron chi connectivity index (χ1n) is 5.13. The van der Waals surface area contributed by atoms with Crippen LogP contribution in [0.2, 0.25) is 0 Å². The van der Waals surface area contributed by atoms with Crippen LogP contribution in [-0.4, -0.2) is 41.6 Å². The molecule has 1 amide bonds. The van der Waals surface area contributed by atoms with Gasteiger partial charge in [-0.25, -0.2) is 4.98 Å². The molecule has 2 rings (SSSR count). The molecule has 1 aliphatic rings. The molecule has 1 aromatic rings. The summed E-state index contributed by atoms with van der Waals surface area (Å²) in [6, 6.07) is 5.42. The maximum absolute atomic E-state index is 12.2. The fourth-order valence-electron chi connectivity index (χ4n) is 1.63. The molecular formula is C11H10BrN3O2. The van der Waals surface area contributed by atoms with Gasteiger partial charge < -0.3 is 9.64 Å². The van der Waals surface area contributed by atoms with E-state index in [4.69, 9.17) is 10.00 Å². The molecule has 1 saturated heterocycles. The first kappa shape index (κ1) is 12.0. The van der Waals surface area contributed by atoms with E-state index in [1.807, 2.05) is 6.07 Å². The van der Waals surface area contributed by atoms with Crippen molar-refractivity contribution in [2.45, 2.75) is 6.10 Å². The average Bonchev–Trinajstić information content (AvgIpc) is 2.38. The van der Waals surface area contributed by atoms with Gasteiger partial charge in [-0.05, 0) is 28.1 Å². The lowest BCUT2D eigenvalue weighted by Crippen LogP contribution is -2.45. The summed E-state index contributed by atoms with van der Waals surface area (Å²) >= 11 is 3.24. The lowest BCUT2D eigenvalue weighted by molar-refractivity contribution is 0.00340. The Kier molecular flexibility index (Phi) is 3.71. The normalized spacial score (nSPS) is 19.8. The van der Waals surface area contributed by atoms with Crippen molar-refractivity contribution in [3.8, 4) is 6.07 Å². The Morgan fingerprint density at radius 2 is 2.53 bits per heavy atom. The number of halogens is 1. The van der Waals surface area contributed by atoms with Gasteiger partial charge in [0.2, 0.25) is 0 Å². The van der Waals surface area contributed by atoms with Crippen molar-refractivity contribution < 1.29 is 9.53 Å². The summed E-state index contributed by atoms with van der Waals surface area (Å²) in [6.45, 7) is 1.19. The lowest BCUT2D eigenvalue weighted by Gasteiger charge is -2.29. The summed E-state index contributed by atoms with van der Waals surface area (Å²) < 4.78 is 5.71. The maximum atomic E-state index is 12.2. The molecule has 0 N–H and O–H groups in total. The molecule has 0 aromatic carbocycles. The SMILES string of the molecule is N#CC1CN(C(=O)c2cccnc2Br)CCO1. The van der Waals surface area contributed by atoms with Crippen LogP contribution in [0.3, 0.4) is 0 Å². The van der Waals surface area contributed by atoms with Gasteiger partial charge in [0.1, 0.15) is 4.60 Å². The number of aromatic nitrogens is 1. The molecule has 88 valence electrons. The first-order valence-corrected chi connectivity index (χ1v) is 5.92. The number of amides is 1. The zero-order valence-corrected chi connectivity index (χ0v) is 10.6. The highest BCUT2D eigenvalue weighted by Crippen LogP contribution is 2.16. The summed E-state index contributed by atoms with van der Waals surface area (Å²) in [5, 5.41) is 8.78. The third-order valence-corrected chi connectivity index (χ3v) is 3.12. The van der Waals surface area contributed by atoms with Gasteiger partial charge in [0.05, 0.1) is 24.8 Å². The second-order valence-corrected chi connectivity index (χ2v) is 4.33. The first-order chi connectivity index (χ1) is 8.22. The van der Waals surface area contributed by atoms with Crippen molar-refractivity contribution in [2.24, 2.45) is 0 Å². The number of hydrogen-bond acceptors (Lipinski definition) is 4. The van der Waals surface area contributed by atoms with Crippen LogP contribution >= 0.6 is 15.9 Å². The van der Waals surface area contributed by atoms with Crippen LogP contribution in [0.1, 0.15) is 10.4 Å². The van der Waals surface area contributed by atoms with E-state index in [1.54, 1.807) is 23.2 Å². The molecule has 1 aromatic heterocycles. The number of nitriles is 1. The molecule has 0 bridgehead atoms. The Morgan fingerprint density at radius 1 is 1.71 bits per heavy atom. The molecule has 17 heavy (non-hydrogen) atoms. The van der Waals surface area contributed by atoms with Gasteiger partial charge in [0.25, 0.3) is 5.91 Å². The molecule has 5 nitrogen and oxygen atoms in total. The fourth-order valence-corrected chi connectivity index (χ4v) is 2.05. The highest BCUT2D eigenvalue weighted by molar-refractivity contribution is 9.10. The van der Waals surface area contributed by atoms with E-state index in [9.17, 15) is 4.79 Å². The van der Waals surface area contributed by atoms with Gasteiger partial charge in [-0.15, -0.1) is 0 Å². The number of carbonyl (C=O) groups is 1. The minimum absolute atomic E-state index is 0.131. The van der Waals surface area contributed by atoms with Crippen molar-refractivity contribution in [3.63, 3.8) is 0 Å². The summed E-state index contributed by atoms with van der Waals surface area (Å²) in [5.74, 6) is -0.131. The zero-order valence-electron chi connectivity index (χ0n) is 8.97. The van der Waals surface area contributed by atoms with Crippen molar-refractivity contribution in [1.82, 2.24) is 9.88 Å². The van der Waals surface area contributed by atoms with Crippen molar-refractivity contribution in [2.75, 3.05) is 19.7 Å². The predicted molar refractivity (Wildman–Crippen MR) is 63.2 cm³/mol. The Balaban J connectivity index is 2.16. The third kappa shape index (κ3) is 2.62. The second-order valence-electron chi connectivity index (χ2n) is 3.58. The lowest BCUT2D eigenvalue weighted by atomic mass is 10.2. The van der Waals surface area contributed by atoms with Gasteiger partial charge in [0.15, 0.2) is 6.10 Å². The molecule has 2 heterocycles. The zero-order chi connectivity index (χ0) is 12.3. The average molecular weight is 296 g/mol. The molecular weight excluding hydrogens is 286 g/mol. The van der Waals surface area contributed by atoms with E-state index in [0.717, 1.165) is 0 Å². The number of ether oxygens (including phenoxy) is 1. The van der Waals surface area contributed by atoms with Crippen molar-refractivity contribution >= 4 is 21.8 Å². The van der Waals surface area contributed by atoms with E-state index in [2.05, 4.69) is 20.9 Å². The summed E-state index contributed by atoms with van der Waals surface area (Å²) in [6.07, 6.45) is 1.07. The largest absolute Gasteiger partial charge is 0.360 e. The minimum atomic E-state index is -0.539. The topological polar surface area (TPSA) is 66.2 Å². The number of morpholine rings is 1. The van der Waals surface area contributed by atoms with Crippen LogP contribution in [0.25, 0.3) is 0 Å². The number of pyridine rings is 1. The van der Waals surface area contributed by atoms with E-state index < -0.39 is 6.10 Å². The van der Waals surface area contributed by atoms with Crippen LogP contribution in [0.15, 0.2) is 22.9 Å². The summed E-state index contributed by atoms with van der Waals surface area (Å²) in [5.41, 5.74) is 0.506.